The van der Waals surface area contributed by atoms with Crippen molar-refractivity contribution < 1.29 is 8.42 Å². The fourth-order valence-electron chi connectivity index (χ4n) is 1.86. The summed E-state index contributed by atoms with van der Waals surface area (Å²) < 4.78 is 25.5. The first-order valence-corrected chi connectivity index (χ1v) is 6.91. The number of nitrogens with zero attached hydrogens (tertiary/aromatic N) is 1. The maximum atomic E-state index is 12.0. The Kier molecular flexibility index (Phi) is 3.10. The highest BCUT2D eigenvalue weighted by atomic mass is 35.5. The van der Waals surface area contributed by atoms with Gasteiger partial charge in [-0.05, 0) is 24.6 Å². The molecule has 1 aliphatic heterocycles. The van der Waals surface area contributed by atoms with Gasteiger partial charge in [-0.2, -0.15) is 0 Å². The van der Waals surface area contributed by atoms with E-state index < -0.39 is 15.3 Å². The molecule has 1 aromatic rings. The van der Waals surface area contributed by atoms with Gasteiger partial charge in [0.15, 0.2) is 0 Å². The molecule has 0 radical (unpaired) electrons. The van der Waals surface area contributed by atoms with Gasteiger partial charge in [0.05, 0.1) is 10.9 Å². The molecule has 6 heteroatoms. The Bertz CT molecular complexity index is 489. The van der Waals surface area contributed by atoms with E-state index in [1.54, 1.807) is 24.3 Å². The molecule has 1 aromatic carbocycles. The summed E-state index contributed by atoms with van der Waals surface area (Å²) in [5.74, 6) is 0. The van der Waals surface area contributed by atoms with Crippen molar-refractivity contribution in [1.29, 1.82) is 0 Å². The third-order valence-corrected chi connectivity index (χ3v) is 5.26. The predicted octanol–water partition coefficient (Wildman–Crippen LogP) is 1.21. The second-order valence-electron chi connectivity index (χ2n) is 3.74. The molecule has 2 N–H and O–H groups in total. The van der Waals surface area contributed by atoms with Crippen LogP contribution < -0.4 is 10.0 Å². The van der Waals surface area contributed by atoms with Crippen LogP contribution in [0.1, 0.15) is 6.42 Å². The summed E-state index contributed by atoms with van der Waals surface area (Å²) in [5, 5.41) is 0.0652. The van der Waals surface area contributed by atoms with Crippen LogP contribution in [-0.2, 0) is 10.0 Å². The number of hydrogen-bond donors (Lipinski definition) is 1. The molecular formula is C10H13ClN2O2S. The van der Waals surface area contributed by atoms with Crippen molar-refractivity contribution in [3.63, 3.8) is 0 Å². The fraction of sp³-hybridized carbons (Fsp3) is 0.400. The van der Waals surface area contributed by atoms with Gasteiger partial charge < -0.3 is 5.73 Å². The molecule has 0 bridgehead atoms. The van der Waals surface area contributed by atoms with Crippen LogP contribution >= 0.6 is 11.6 Å². The van der Waals surface area contributed by atoms with Gasteiger partial charge in [-0.25, -0.2) is 8.42 Å². The van der Waals surface area contributed by atoms with Crippen molar-refractivity contribution in [2.45, 2.75) is 11.7 Å². The summed E-state index contributed by atoms with van der Waals surface area (Å²) >= 11 is 5.84. The fourth-order valence-corrected chi connectivity index (χ4v) is 3.82. The van der Waals surface area contributed by atoms with E-state index >= 15 is 0 Å². The van der Waals surface area contributed by atoms with E-state index in [4.69, 9.17) is 17.3 Å². The number of nitrogens with two attached hydrogens (primary N) is 1. The van der Waals surface area contributed by atoms with E-state index in [1.165, 1.54) is 4.31 Å². The second-order valence-corrected chi connectivity index (χ2v) is 6.32. The average Bonchev–Trinajstić information content (AvgIpc) is 2.53. The normalized spacial score (nSPS) is 23.6. The molecule has 0 aliphatic carbocycles. The monoisotopic (exact) mass is 260 g/mol. The minimum atomic E-state index is -3.30. The summed E-state index contributed by atoms with van der Waals surface area (Å²) in [7, 11) is -3.30. The molecule has 1 heterocycles. The summed E-state index contributed by atoms with van der Waals surface area (Å²) in [6.07, 6.45) is 0.575. The van der Waals surface area contributed by atoms with Crippen LogP contribution in [0.15, 0.2) is 24.3 Å². The summed E-state index contributed by atoms with van der Waals surface area (Å²) in [6, 6.07) is 6.84. The maximum absolute atomic E-state index is 12.0. The van der Waals surface area contributed by atoms with E-state index in [1.807, 2.05) is 0 Å². The van der Waals surface area contributed by atoms with Crippen LogP contribution in [0.2, 0.25) is 5.02 Å². The van der Waals surface area contributed by atoms with Gasteiger partial charge in [0, 0.05) is 18.1 Å². The topological polar surface area (TPSA) is 63.4 Å². The molecule has 1 fully saturated rings. The number of hydrogen-bond acceptors (Lipinski definition) is 3. The Morgan fingerprint density at radius 2 is 2.25 bits per heavy atom. The lowest BCUT2D eigenvalue weighted by Gasteiger charge is -2.18. The molecule has 1 saturated heterocycles. The Labute approximate surface area is 100 Å². The van der Waals surface area contributed by atoms with Crippen LogP contribution in [0, 0.1) is 0 Å². The van der Waals surface area contributed by atoms with E-state index in [-0.39, 0.29) is 6.54 Å². The van der Waals surface area contributed by atoms with E-state index in [0.29, 0.717) is 23.7 Å². The Hall–Kier alpha value is -0.780. The van der Waals surface area contributed by atoms with E-state index in [9.17, 15) is 8.42 Å². The van der Waals surface area contributed by atoms with Crippen molar-refractivity contribution in [1.82, 2.24) is 0 Å². The van der Waals surface area contributed by atoms with Gasteiger partial charge in [0.25, 0.3) is 0 Å². The van der Waals surface area contributed by atoms with Crippen LogP contribution in [0.5, 0.6) is 0 Å². The van der Waals surface area contributed by atoms with Gasteiger partial charge in [-0.3, -0.25) is 4.31 Å². The van der Waals surface area contributed by atoms with Crippen molar-refractivity contribution in [2.24, 2.45) is 5.73 Å². The summed E-state index contributed by atoms with van der Waals surface area (Å²) in [4.78, 5) is 0. The Morgan fingerprint density at radius 3 is 2.81 bits per heavy atom. The number of anilines is 1. The van der Waals surface area contributed by atoms with Gasteiger partial charge in [-0.1, -0.05) is 17.7 Å². The SMILES string of the molecule is NC[C@@H]1CCN(c2cccc(Cl)c2)S1(=O)=O. The highest BCUT2D eigenvalue weighted by molar-refractivity contribution is 7.93. The minimum absolute atomic E-state index is 0.166. The quantitative estimate of drug-likeness (QED) is 0.869. The number of halogens is 1. The largest absolute Gasteiger partial charge is 0.329 e. The zero-order valence-electron chi connectivity index (χ0n) is 8.64. The number of rotatable bonds is 2. The number of sulfonamides is 1. The highest BCUT2D eigenvalue weighted by Crippen LogP contribution is 2.29. The maximum Gasteiger partial charge on any atom is 0.239 e. The third kappa shape index (κ3) is 1.90. The molecule has 88 valence electrons. The van der Waals surface area contributed by atoms with Gasteiger partial charge in [0.2, 0.25) is 10.0 Å². The second kappa shape index (κ2) is 4.24. The standard InChI is InChI=1S/C10H13ClN2O2S/c11-8-2-1-3-9(6-8)13-5-4-10(7-12)16(13,14)15/h1-3,6,10H,4-5,7,12H2/t10-/m0/s1. The Balaban J connectivity index is 2.37. The molecule has 4 nitrogen and oxygen atoms in total. The molecule has 0 spiro atoms. The third-order valence-electron chi connectivity index (χ3n) is 2.74. The molecule has 1 aliphatic rings. The molecule has 1 atom stereocenters. The Morgan fingerprint density at radius 1 is 1.50 bits per heavy atom. The first-order chi connectivity index (χ1) is 7.55. The van der Waals surface area contributed by atoms with Crippen LogP contribution in [0.4, 0.5) is 5.69 Å². The van der Waals surface area contributed by atoms with Crippen LogP contribution in [-0.4, -0.2) is 26.8 Å². The smallest absolute Gasteiger partial charge is 0.239 e. The minimum Gasteiger partial charge on any atom is -0.329 e. The molecule has 2 rings (SSSR count). The first kappa shape index (κ1) is 11.7. The molecule has 0 aromatic heterocycles. The van der Waals surface area contributed by atoms with Gasteiger partial charge in [0.1, 0.15) is 0 Å². The number of benzene rings is 1. The highest BCUT2D eigenvalue weighted by Gasteiger charge is 2.37. The molecule has 16 heavy (non-hydrogen) atoms. The summed E-state index contributed by atoms with van der Waals surface area (Å²) in [6.45, 7) is 0.643. The molecule has 0 unspecified atom stereocenters. The predicted molar refractivity (Wildman–Crippen MR) is 65.2 cm³/mol. The van der Waals surface area contributed by atoms with Crippen LogP contribution in [0.3, 0.4) is 0 Å². The average molecular weight is 261 g/mol. The van der Waals surface area contributed by atoms with Crippen molar-refractivity contribution in [2.75, 3.05) is 17.4 Å². The van der Waals surface area contributed by atoms with Gasteiger partial charge >= 0.3 is 0 Å². The lowest BCUT2D eigenvalue weighted by molar-refractivity contribution is 0.588. The van der Waals surface area contributed by atoms with Crippen molar-refractivity contribution in [3.8, 4) is 0 Å². The van der Waals surface area contributed by atoms with E-state index in [2.05, 4.69) is 0 Å². The molecule has 0 saturated carbocycles. The van der Waals surface area contributed by atoms with E-state index in [0.717, 1.165) is 0 Å². The summed E-state index contributed by atoms with van der Waals surface area (Å²) in [5.41, 5.74) is 6.06. The van der Waals surface area contributed by atoms with Crippen LogP contribution in [0.25, 0.3) is 0 Å². The van der Waals surface area contributed by atoms with Crippen molar-refractivity contribution >= 4 is 27.3 Å². The zero-order valence-corrected chi connectivity index (χ0v) is 10.2. The molecular weight excluding hydrogens is 248 g/mol. The van der Waals surface area contributed by atoms with Crippen molar-refractivity contribution in [3.05, 3.63) is 29.3 Å². The van der Waals surface area contributed by atoms with Gasteiger partial charge in [-0.15, -0.1) is 0 Å². The first-order valence-electron chi connectivity index (χ1n) is 5.03. The molecule has 0 amide bonds. The zero-order chi connectivity index (χ0) is 11.8. The lowest BCUT2D eigenvalue weighted by Crippen LogP contribution is -2.33. The lowest BCUT2D eigenvalue weighted by atomic mass is 10.3.